The van der Waals surface area contributed by atoms with Crippen molar-refractivity contribution in [2.75, 3.05) is 6.61 Å². The first kappa shape index (κ1) is 16.6. The number of nitrogens with zero attached hydrogens (tertiary/aromatic N) is 2. The predicted octanol–water partition coefficient (Wildman–Crippen LogP) is 2.68. The van der Waals surface area contributed by atoms with Gasteiger partial charge in [0, 0.05) is 12.3 Å². The molecular formula is C18H22FN3O2. The third kappa shape index (κ3) is 3.82. The van der Waals surface area contributed by atoms with E-state index in [1.165, 1.54) is 12.1 Å². The van der Waals surface area contributed by atoms with Crippen LogP contribution in [-0.4, -0.2) is 28.4 Å². The van der Waals surface area contributed by atoms with Crippen LogP contribution in [0.3, 0.4) is 0 Å². The van der Waals surface area contributed by atoms with E-state index in [1.807, 2.05) is 19.9 Å². The van der Waals surface area contributed by atoms with Crippen LogP contribution >= 0.6 is 0 Å². The van der Waals surface area contributed by atoms with Crippen molar-refractivity contribution in [3.05, 3.63) is 53.1 Å². The molecule has 128 valence electrons. The summed E-state index contributed by atoms with van der Waals surface area (Å²) in [4.78, 5) is 12.5. The monoisotopic (exact) mass is 331 g/mol. The van der Waals surface area contributed by atoms with Gasteiger partial charge in [-0.15, -0.1) is 0 Å². The van der Waals surface area contributed by atoms with Crippen LogP contribution in [0.15, 0.2) is 30.3 Å². The molecule has 0 aliphatic carbocycles. The number of hydrogen-bond acceptors (Lipinski definition) is 3. The highest BCUT2D eigenvalue weighted by Gasteiger charge is 2.29. The molecule has 2 heterocycles. The van der Waals surface area contributed by atoms with Crippen LogP contribution in [-0.2, 0) is 16.1 Å². The van der Waals surface area contributed by atoms with Crippen molar-refractivity contribution in [3.63, 3.8) is 0 Å². The Bertz CT molecular complexity index is 706. The maximum absolute atomic E-state index is 13.2. The minimum atomic E-state index is -0.293. The zero-order valence-corrected chi connectivity index (χ0v) is 14.0. The lowest BCUT2D eigenvalue weighted by molar-refractivity contribution is -0.123. The van der Waals surface area contributed by atoms with Crippen molar-refractivity contribution in [1.29, 1.82) is 0 Å². The Balaban J connectivity index is 1.74. The van der Waals surface area contributed by atoms with E-state index in [2.05, 4.69) is 10.4 Å². The molecule has 24 heavy (non-hydrogen) atoms. The summed E-state index contributed by atoms with van der Waals surface area (Å²) < 4.78 is 20.6. The van der Waals surface area contributed by atoms with Gasteiger partial charge in [0.05, 0.1) is 17.8 Å². The number of nitrogens with one attached hydrogen (secondary N) is 1. The summed E-state index contributed by atoms with van der Waals surface area (Å²) in [5.41, 5.74) is 2.68. The molecule has 1 amide bonds. The maximum atomic E-state index is 13.2. The number of carbonyl (C=O) groups is 1. The minimum Gasteiger partial charge on any atom is -0.376 e. The third-order valence-electron chi connectivity index (χ3n) is 4.28. The molecule has 0 saturated carbocycles. The fourth-order valence-electron chi connectivity index (χ4n) is 3.12. The Hall–Kier alpha value is -2.21. The van der Waals surface area contributed by atoms with Crippen molar-refractivity contribution in [2.45, 2.75) is 45.4 Å². The zero-order valence-electron chi connectivity index (χ0n) is 14.0. The molecule has 3 rings (SSSR count). The lowest BCUT2D eigenvalue weighted by atomic mass is 9.99. The molecular weight excluding hydrogens is 309 g/mol. The summed E-state index contributed by atoms with van der Waals surface area (Å²) in [7, 11) is 0. The number of aromatic nitrogens is 2. The Kier molecular flexibility index (Phi) is 4.94. The van der Waals surface area contributed by atoms with E-state index in [4.69, 9.17) is 4.74 Å². The van der Waals surface area contributed by atoms with Crippen LogP contribution in [0.4, 0.5) is 4.39 Å². The standard InChI is InChI=1S/C18H22FN3O2/c1-12-10-13(2)22(21-12)11-17(23)20-18(16-4-3-9-24-16)14-5-7-15(19)8-6-14/h5-8,10,16,18H,3-4,9,11H2,1-2H3,(H,20,23)/t16-,18+/m0/s1. The highest BCUT2D eigenvalue weighted by molar-refractivity contribution is 5.76. The quantitative estimate of drug-likeness (QED) is 0.916. The normalized spacial score (nSPS) is 18.5. The van der Waals surface area contributed by atoms with Crippen molar-refractivity contribution >= 4 is 5.91 Å². The number of amides is 1. The van der Waals surface area contributed by atoms with Crippen molar-refractivity contribution in [2.24, 2.45) is 0 Å². The van der Waals surface area contributed by atoms with Gasteiger partial charge in [-0.3, -0.25) is 9.48 Å². The minimum absolute atomic E-state index is 0.0835. The van der Waals surface area contributed by atoms with Gasteiger partial charge in [0.2, 0.25) is 5.91 Å². The van der Waals surface area contributed by atoms with Gasteiger partial charge in [-0.25, -0.2) is 4.39 Å². The van der Waals surface area contributed by atoms with E-state index in [0.717, 1.165) is 29.8 Å². The number of hydrogen-bond donors (Lipinski definition) is 1. The van der Waals surface area contributed by atoms with Gasteiger partial charge < -0.3 is 10.1 Å². The SMILES string of the molecule is Cc1cc(C)n(CC(=O)N[C@H](c2ccc(F)cc2)[C@@H]2CCCO2)n1. The van der Waals surface area contributed by atoms with Gasteiger partial charge >= 0.3 is 0 Å². The number of aryl methyl sites for hydroxylation is 2. The molecule has 0 spiro atoms. The van der Waals surface area contributed by atoms with Crippen LogP contribution in [0.1, 0.15) is 35.8 Å². The first-order chi connectivity index (χ1) is 11.5. The average molecular weight is 331 g/mol. The molecule has 1 aliphatic heterocycles. The molecule has 2 atom stereocenters. The highest BCUT2D eigenvalue weighted by atomic mass is 19.1. The van der Waals surface area contributed by atoms with Crippen LogP contribution in [0.2, 0.25) is 0 Å². The Labute approximate surface area is 140 Å². The Morgan fingerprint density at radius 3 is 2.75 bits per heavy atom. The van der Waals surface area contributed by atoms with Gasteiger partial charge in [0.1, 0.15) is 12.4 Å². The van der Waals surface area contributed by atoms with Gasteiger partial charge in [0.15, 0.2) is 0 Å². The summed E-state index contributed by atoms with van der Waals surface area (Å²) in [5, 5.41) is 7.35. The maximum Gasteiger partial charge on any atom is 0.242 e. The number of carbonyl (C=O) groups excluding carboxylic acids is 1. The molecule has 1 aliphatic rings. The van der Waals surface area contributed by atoms with Crippen molar-refractivity contribution < 1.29 is 13.9 Å². The number of ether oxygens (including phenoxy) is 1. The van der Waals surface area contributed by atoms with Gasteiger partial charge in [-0.2, -0.15) is 5.10 Å². The van der Waals surface area contributed by atoms with Crippen LogP contribution < -0.4 is 5.32 Å². The molecule has 1 aromatic carbocycles. The third-order valence-corrected chi connectivity index (χ3v) is 4.28. The summed E-state index contributed by atoms with van der Waals surface area (Å²) >= 11 is 0. The second-order valence-electron chi connectivity index (χ2n) is 6.23. The van der Waals surface area contributed by atoms with Crippen LogP contribution in [0.25, 0.3) is 0 Å². The average Bonchev–Trinajstić information content (AvgIpc) is 3.16. The summed E-state index contributed by atoms with van der Waals surface area (Å²) in [6.07, 6.45) is 1.76. The van der Waals surface area contributed by atoms with E-state index in [0.29, 0.717) is 6.61 Å². The molecule has 0 unspecified atom stereocenters. The number of rotatable bonds is 5. The summed E-state index contributed by atoms with van der Waals surface area (Å²) in [6.45, 7) is 4.67. The molecule has 1 N–H and O–H groups in total. The van der Waals surface area contributed by atoms with Crippen molar-refractivity contribution in [1.82, 2.24) is 15.1 Å². The second-order valence-corrected chi connectivity index (χ2v) is 6.23. The lowest BCUT2D eigenvalue weighted by Crippen LogP contribution is -2.38. The molecule has 5 nitrogen and oxygen atoms in total. The van der Waals surface area contributed by atoms with E-state index in [9.17, 15) is 9.18 Å². The summed E-state index contributed by atoms with van der Waals surface area (Å²) in [6, 6.07) is 7.87. The molecule has 2 aromatic rings. The predicted molar refractivity (Wildman–Crippen MR) is 88.0 cm³/mol. The zero-order chi connectivity index (χ0) is 17.1. The Morgan fingerprint density at radius 2 is 2.17 bits per heavy atom. The number of benzene rings is 1. The summed E-state index contributed by atoms with van der Waals surface area (Å²) in [5.74, 6) is -0.426. The molecule has 0 bridgehead atoms. The molecule has 1 aromatic heterocycles. The van der Waals surface area contributed by atoms with E-state index in [1.54, 1.807) is 16.8 Å². The van der Waals surface area contributed by atoms with Gasteiger partial charge in [-0.1, -0.05) is 12.1 Å². The second kappa shape index (κ2) is 7.13. The van der Waals surface area contributed by atoms with E-state index >= 15 is 0 Å². The van der Waals surface area contributed by atoms with E-state index < -0.39 is 0 Å². The smallest absolute Gasteiger partial charge is 0.242 e. The van der Waals surface area contributed by atoms with Crippen molar-refractivity contribution in [3.8, 4) is 0 Å². The molecule has 0 radical (unpaired) electrons. The van der Waals surface area contributed by atoms with E-state index in [-0.39, 0.29) is 30.4 Å². The van der Waals surface area contributed by atoms with Crippen LogP contribution in [0, 0.1) is 19.7 Å². The number of halogens is 1. The Morgan fingerprint density at radius 1 is 1.42 bits per heavy atom. The highest BCUT2D eigenvalue weighted by Crippen LogP contribution is 2.27. The molecule has 6 heteroatoms. The molecule has 1 fully saturated rings. The first-order valence-corrected chi connectivity index (χ1v) is 8.20. The first-order valence-electron chi connectivity index (χ1n) is 8.20. The topological polar surface area (TPSA) is 56.2 Å². The van der Waals surface area contributed by atoms with Gasteiger partial charge in [0.25, 0.3) is 0 Å². The van der Waals surface area contributed by atoms with Crippen LogP contribution in [0.5, 0.6) is 0 Å². The fourth-order valence-corrected chi connectivity index (χ4v) is 3.12. The largest absolute Gasteiger partial charge is 0.376 e. The fraction of sp³-hybridized carbons (Fsp3) is 0.444. The molecule has 1 saturated heterocycles. The lowest BCUT2D eigenvalue weighted by Gasteiger charge is -2.25. The van der Waals surface area contributed by atoms with Gasteiger partial charge in [-0.05, 0) is 50.5 Å².